The maximum absolute atomic E-state index is 5.56. The molecule has 5 heteroatoms. The van der Waals surface area contributed by atoms with Crippen LogP contribution in [0.2, 0.25) is 0 Å². The molecule has 110 valence electrons. The number of nitrogens with zero attached hydrogens (tertiary/aromatic N) is 1. The Morgan fingerprint density at radius 3 is 1.86 bits per heavy atom. The third kappa shape index (κ3) is 4.95. The molecule has 0 atom stereocenters. The van der Waals surface area contributed by atoms with Crippen LogP contribution in [0.3, 0.4) is 0 Å². The fraction of sp³-hybridized carbons (Fsp3) is 0.188. The fourth-order valence-corrected chi connectivity index (χ4v) is 2.87. The first-order chi connectivity index (χ1) is 10.1. The van der Waals surface area contributed by atoms with E-state index in [4.69, 9.17) is 17.0 Å². The van der Waals surface area contributed by atoms with Gasteiger partial charge in [-0.25, -0.2) is 0 Å². The number of benzene rings is 2. The SMILES string of the molecule is CSc1ccc(Sc2ccc(OC(=S)N(C)C)cc2)cc1. The summed E-state index contributed by atoms with van der Waals surface area (Å²) < 4.78 is 5.56. The summed E-state index contributed by atoms with van der Waals surface area (Å²) in [6.07, 6.45) is 2.08. The standard InChI is InChI=1S/C16H17NOS3/c1-17(2)16(19)18-12-4-6-14(7-5-12)21-15-10-8-13(20-3)9-11-15/h4-11H,1-3H3. The molecule has 2 rings (SSSR count). The second-order valence-electron chi connectivity index (χ2n) is 4.51. The smallest absolute Gasteiger partial charge is 0.264 e. The zero-order valence-electron chi connectivity index (χ0n) is 12.2. The van der Waals surface area contributed by atoms with Crippen molar-refractivity contribution in [3.8, 4) is 5.75 Å². The zero-order valence-corrected chi connectivity index (χ0v) is 14.6. The second kappa shape index (κ2) is 7.73. The molecule has 0 amide bonds. The highest BCUT2D eigenvalue weighted by Crippen LogP contribution is 2.30. The molecule has 0 unspecified atom stereocenters. The number of rotatable bonds is 4. The fourth-order valence-electron chi connectivity index (χ4n) is 1.55. The summed E-state index contributed by atoms with van der Waals surface area (Å²) >= 11 is 8.60. The molecule has 0 bridgehead atoms. The van der Waals surface area contributed by atoms with Crippen LogP contribution in [0.5, 0.6) is 5.75 Å². The van der Waals surface area contributed by atoms with Gasteiger partial charge in [-0.2, -0.15) is 0 Å². The molecule has 0 aromatic heterocycles. The van der Waals surface area contributed by atoms with E-state index in [9.17, 15) is 0 Å². The van der Waals surface area contributed by atoms with Crippen LogP contribution < -0.4 is 4.74 Å². The van der Waals surface area contributed by atoms with Crippen LogP contribution in [0, 0.1) is 0 Å². The van der Waals surface area contributed by atoms with Gasteiger partial charge < -0.3 is 9.64 Å². The number of thiocarbonyl (C=S) groups is 1. The third-order valence-electron chi connectivity index (χ3n) is 2.69. The minimum atomic E-state index is 0.461. The molecule has 0 aliphatic heterocycles. The van der Waals surface area contributed by atoms with E-state index in [1.807, 2.05) is 38.4 Å². The monoisotopic (exact) mass is 335 g/mol. The van der Waals surface area contributed by atoms with Gasteiger partial charge in [0.25, 0.3) is 5.17 Å². The van der Waals surface area contributed by atoms with E-state index in [0.717, 1.165) is 5.75 Å². The summed E-state index contributed by atoms with van der Waals surface area (Å²) in [5.41, 5.74) is 0. The van der Waals surface area contributed by atoms with Gasteiger partial charge >= 0.3 is 0 Å². The molecule has 0 saturated carbocycles. The maximum atomic E-state index is 5.56. The number of thioether (sulfide) groups is 1. The Hall–Kier alpha value is -1.17. The third-order valence-corrected chi connectivity index (χ3v) is 4.90. The molecule has 0 aliphatic rings. The Bertz CT molecular complexity index is 594. The van der Waals surface area contributed by atoms with Gasteiger partial charge in [0.2, 0.25) is 0 Å². The first-order valence-electron chi connectivity index (χ1n) is 6.39. The predicted octanol–water partition coefficient (Wildman–Crippen LogP) is 4.79. The van der Waals surface area contributed by atoms with E-state index in [1.165, 1.54) is 14.7 Å². The van der Waals surface area contributed by atoms with Crippen LogP contribution in [0.25, 0.3) is 0 Å². The summed E-state index contributed by atoms with van der Waals surface area (Å²) in [4.78, 5) is 5.45. The van der Waals surface area contributed by atoms with Crippen molar-refractivity contribution in [3.05, 3.63) is 48.5 Å². The van der Waals surface area contributed by atoms with Crippen molar-refractivity contribution in [1.29, 1.82) is 0 Å². The largest absolute Gasteiger partial charge is 0.432 e. The van der Waals surface area contributed by atoms with Crippen LogP contribution >= 0.6 is 35.7 Å². The van der Waals surface area contributed by atoms with Gasteiger partial charge in [-0.15, -0.1) is 11.8 Å². The topological polar surface area (TPSA) is 12.5 Å². The molecule has 0 fully saturated rings. The maximum Gasteiger partial charge on any atom is 0.264 e. The van der Waals surface area contributed by atoms with Gasteiger partial charge in [-0.3, -0.25) is 0 Å². The van der Waals surface area contributed by atoms with Crippen LogP contribution in [-0.4, -0.2) is 30.4 Å². The first-order valence-corrected chi connectivity index (χ1v) is 8.84. The lowest BCUT2D eigenvalue weighted by atomic mass is 10.3. The number of hydrogen-bond donors (Lipinski definition) is 0. The van der Waals surface area contributed by atoms with Gasteiger partial charge in [0.1, 0.15) is 5.75 Å². The highest BCUT2D eigenvalue weighted by atomic mass is 32.2. The van der Waals surface area contributed by atoms with Crippen molar-refractivity contribution < 1.29 is 4.74 Å². The van der Waals surface area contributed by atoms with Gasteiger partial charge in [0, 0.05) is 28.8 Å². The Morgan fingerprint density at radius 2 is 1.38 bits per heavy atom. The van der Waals surface area contributed by atoms with E-state index in [2.05, 4.69) is 30.5 Å². The number of ether oxygens (including phenoxy) is 1. The lowest BCUT2D eigenvalue weighted by molar-refractivity contribution is 0.449. The molecule has 2 aromatic rings. The van der Waals surface area contributed by atoms with E-state index in [-0.39, 0.29) is 0 Å². The van der Waals surface area contributed by atoms with Crippen molar-refractivity contribution in [2.24, 2.45) is 0 Å². The quantitative estimate of drug-likeness (QED) is 0.587. The van der Waals surface area contributed by atoms with E-state index in [0.29, 0.717) is 5.17 Å². The molecule has 0 saturated heterocycles. The Balaban J connectivity index is 2.00. The zero-order chi connectivity index (χ0) is 15.2. The van der Waals surface area contributed by atoms with Crippen molar-refractivity contribution in [3.63, 3.8) is 0 Å². The molecule has 2 nitrogen and oxygen atoms in total. The second-order valence-corrected chi connectivity index (χ2v) is 6.89. The van der Waals surface area contributed by atoms with Gasteiger partial charge in [-0.05, 0) is 67.0 Å². The average molecular weight is 336 g/mol. The van der Waals surface area contributed by atoms with Gasteiger partial charge in [0.05, 0.1) is 0 Å². The first kappa shape index (κ1) is 16.2. The Labute approximate surface area is 139 Å². The number of hydrogen-bond acceptors (Lipinski definition) is 4. The van der Waals surface area contributed by atoms with Crippen LogP contribution in [0.4, 0.5) is 0 Å². The van der Waals surface area contributed by atoms with Crippen molar-refractivity contribution in [2.45, 2.75) is 14.7 Å². The summed E-state index contributed by atoms with van der Waals surface area (Å²) in [7, 11) is 3.73. The molecule has 0 radical (unpaired) electrons. The Kier molecular flexibility index (Phi) is 5.96. The lowest BCUT2D eigenvalue weighted by Gasteiger charge is -2.14. The molecule has 0 spiro atoms. The molecular weight excluding hydrogens is 318 g/mol. The highest BCUT2D eigenvalue weighted by molar-refractivity contribution is 7.99. The lowest BCUT2D eigenvalue weighted by Crippen LogP contribution is -2.24. The molecule has 0 aliphatic carbocycles. The molecule has 2 aromatic carbocycles. The predicted molar refractivity (Wildman–Crippen MR) is 95.7 cm³/mol. The van der Waals surface area contributed by atoms with Crippen molar-refractivity contribution in [1.82, 2.24) is 4.90 Å². The summed E-state index contributed by atoms with van der Waals surface area (Å²) in [6.45, 7) is 0. The van der Waals surface area contributed by atoms with Crippen LogP contribution in [0.15, 0.2) is 63.2 Å². The van der Waals surface area contributed by atoms with E-state index in [1.54, 1.807) is 28.4 Å². The van der Waals surface area contributed by atoms with Crippen LogP contribution in [0.1, 0.15) is 0 Å². The Morgan fingerprint density at radius 1 is 0.905 bits per heavy atom. The minimum absolute atomic E-state index is 0.461. The molecule has 0 N–H and O–H groups in total. The van der Waals surface area contributed by atoms with Crippen LogP contribution in [-0.2, 0) is 0 Å². The summed E-state index contributed by atoms with van der Waals surface area (Å²) in [6, 6.07) is 16.5. The average Bonchev–Trinajstić information content (AvgIpc) is 2.50. The minimum Gasteiger partial charge on any atom is -0.432 e. The van der Waals surface area contributed by atoms with Gasteiger partial charge in [0.15, 0.2) is 0 Å². The molecular formula is C16H17NOS3. The van der Waals surface area contributed by atoms with Crippen molar-refractivity contribution >= 4 is 40.9 Å². The summed E-state index contributed by atoms with van der Waals surface area (Å²) in [5.74, 6) is 0.760. The molecule has 21 heavy (non-hydrogen) atoms. The van der Waals surface area contributed by atoms with Gasteiger partial charge in [-0.1, -0.05) is 11.8 Å². The highest BCUT2D eigenvalue weighted by Gasteiger charge is 2.03. The van der Waals surface area contributed by atoms with E-state index < -0.39 is 0 Å². The van der Waals surface area contributed by atoms with Crippen molar-refractivity contribution in [2.75, 3.05) is 20.4 Å². The molecule has 0 heterocycles. The summed E-state index contributed by atoms with van der Waals surface area (Å²) in [5, 5.41) is 0.461. The normalized spacial score (nSPS) is 10.2. The van der Waals surface area contributed by atoms with E-state index >= 15 is 0 Å².